The van der Waals surface area contributed by atoms with Crippen LogP contribution in [0.3, 0.4) is 0 Å². The maximum atomic E-state index is 10.4. The van der Waals surface area contributed by atoms with Crippen molar-refractivity contribution in [2.45, 2.75) is 12.8 Å². The van der Waals surface area contributed by atoms with Gasteiger partial charge in [0, 0.05) is 16.5 Å². The summed E-state index contributed by atoms with van der Waals surface area (Å²) < 4.78 is 6.32. The summed E-state index contributed by atoms with van der Waals surface area (Å²) in [6, 6.07) is 7.43. The zero-order chi connectivity index (χ0) is 12.3. The third kappa shape index (κ3) is 3.13. The standard InChI is InChI=1S/C11H9BrN2O3/c12-8-3-1-7(2-4-8)11-14-13-9(17-11)5-6-10(15)16/h1-4H,5-6H2,(H,15,16). The predicted molar refractivity (Wildman–Crippen MR) is 63.4 cm³/mol. The van der Waals surface area contributed by atoms with Crippen LogP contribution in [0.25, 0.3) is 11.5 Å². The molecular formula is C11H9BrN2O3. The van der Waals surface area contributed by atoms with Gasteiger partial charge in [0.1, 0.15) is 0 Å². The van der Waals surface area contributed by atoms with Gasteiger partial charge < -0.3 is 9.52 Å². The number of benzene rings is 1. The number of carboxylic acid groups (broad SMARTS) is 1. The lowest BCUT2D eigenvalue weighted by molar-refractivity contribution is -0.137. The Morgan fingerprint density at radius 3 is 2.65 bits per heavy atom. The van der Waals surface area contributed by atoms with Crippen LogP contribution in [-0.4, -0.2) is 21.3 Å². The fourth-order valence-electron chi connectivity index (χ4n) is 1.28. The van der Waals surface area contributed by atoms with Crippen LogP contribution in [-0.2, 0) is 11.2 Å². The number of hydrogen-bond acceptors (Lipinski definition) is 4. The van der Waals surface area contributed by atoms with Gasteiger partial charge in [-0.1, -0.05) is 15.9 Å². The van der Waals surface area contributed by atoms with Crippen molar-refractivity contribution in [2.24, 2.45) is 0 Å². The quantitative estimate of drug-likeness (QED) is 0.938. The lowest BCUT2D eigenvalue weighted by Crippen LogP contribution is -1.97. The highest BCUT2D eigenvalue weighted by molar-refractivity contribution is 9.10. The number of rotatable bonds is 4. The van der Waals surface area contributed by atoms with E-state index in [0.717, 1.165) is 10.0 Å². The maximum absolute atomic E-state index is 10.4. The summed E-state index contributed by atoms with van der Waals surface area (Å²) in [5.74, 6) is -0.142. The third-order valence-corrected chi connectivity index (χ3v) is 2.64. The molecule has 88 valence electrons. The number of hydrogen-bond donors (Lipinski definition) is 1. The number of carboxylic acids is 1. The van der Waals surface area contributed by atoms with Crippen LogP contribution in [0.1, 0.15) is 12.3 Å². The predicted octanol–water partition coefficient (Wildman–Crippen LogP) is 2.52. The van der Waals surface area contributed by atoms with E-state index in [1.54, 1.807) is 0 Å². The van der Waals surface area contributed by atoms with Gasteiger partial charge in [-0.05, 0) is 24.3 Å². The van der Waals surface area contributed by atoms with E-state index in [1.807, 2.05) is 24.3 Å². The fourth-order valence-corrected chi connectivity index (χ4v) is 1.54. The third-order valence-electron chi connectivity index (χ3n) is 2.11. The minimum atomic E-state index is -0.881. The van der Waals surface area contributed by atoms with Crippen LogP contribution < -0.4 is 0 Å². The lowest BCUT2D eigenvalue weighted by Gasteiger charge is -1.94. The normalized spacial score (nSPS) is 10.4. The van der Waals surface area contributed by atoms with Gasteiger partial charge in [-0.15, -0.1) is 10.2 Å². The molecule has 0 spiro atoms. The van der Waals surface area contributed by atoms with Gasteiger partial charge in [0.05, 0.1) is 6.42 Å². The summed E-state index contributed by atoms with van der Waals surface area (Å²) in [7, 11) is 0. The zero-order valence-electron chi connectivity index (χ0n) is 8.76. The molecule has 5 nitrogen and oxygen atoms in total. The minimum absolute atomic E-state index is 0.0119. The van der Waals surface area contributed by atoms with Gasteiger partial charge in [-0.2, -0.15) is 0 Å². The molecule has 0 saturated carbocycles. The van der Waals surface area contributed by atoms with E-state index in [-0.39, 0.29) is 12.8 Å². The van der Waals surface area contributed by atoms with E-state index in [2.05, 4.69) is 26.1 Å². The van der Waals surface area contributed by atoms with Crippen LogP contribution in [0.5, 0.6) is 0 Å². The minimum Gasteiger partial charge on any atom is -0.481 e. The van der Waals surface area contributed by atoms with Gasteiger partial charge in [0.25, 0.3) is 0 Å². The monoisotopic (exact) mass is 296 g/mol. The highest BCUT2D eigenvalue weighted by Gasteiger charge is 2.09. The SMILES string of the molecule is O=C(O)CCc1nnc(-c2ccc(Br)cc2)o1. The first-order valence-corrected chi connectivity index (χ1v) is 5.74. The molecule has 1 heterocycles. The molecule has 1 aromatic carbocycles. The van der Waals surface area contributed by atoms with Crippen molar-refractivity contribution in [3.05, 3.63) is 34.6 Å². The van der Waals surface area contributed by atoms with Crippen molar-refractivity contribution in [2.75, 3.05) is 0 Å². The molecule has 2 rings (SSSR count). The Balaban J connectivity index is 2.12. The maximum Gasteiger partial charge on any atom is 0.303 e. The van der Waals surface area contributed by atoms with E-state index in [9.17, 15) is 4.79 Å². The van der Waals surface area contributed by atoms with Crippen LogP contribution in [0, 0.1) is 0 Å². The summed E-state index contributed by atoms with van der Waals surface area (Å²) in [4.78, 5) is 10.4. The molecule has 17 heavy (non-hydrogen) atoms. The van der Waals surface area contributed by atoms with Gasteiger partial charge in [-0.25, -0.2) is 0 Å². The Bertz CT molecular complexity index is 522. The Kier molecular flexibility index (Phi) is 3.53. The molecule has 0 radical (unpaired) electrons. The van der Waals surface area contributed by atoms with Crippen LogP contribution in [0.4, 0.5) is 0 Å². The smallest absolute Gasteiger partial charge is 0.303 e. The molecule has 2 aromatic rings. The number of aliphatic carboxylic acids is 1. The van der Waals surface area contributed by atoms with Crippen molar-refractivity contribution < 1.29 is 14.3 Å². The van der Waals surface area contributed by atoms with Gasteiger partial charge in [0.15, 0.2) is 0 Å². The molecule has 0 amide bonds. The second-order valence-electron chi connectivity index (χ2n) is 3.40. The molecule has 0 aliphatic heterocycles. The van der Waals surface area contributed by atoms with Crippen LogP contribution >= 0.6 is 15.9 Å². The highest BCUT2D eigenvalue weighted by Crippen LogP contribution is 2.20. The first-order chi connectivity index (χ1) is 8.15. The van der Waals surface area contributed by atoms with Gasteiger partial charge >= 0.3 is 5.97 Å². The Morgan fingerprint density at radius 1 is 1.29 bits per heavy atom. The fraction of sp³-hybridized carbons (Fsp3) is 0.182. The largest absolute Gasteiger partial charge is 0.481 e. The second kappa shape index (κ2) is 5.09. The van der Waals surface area contributed by atoms with Gasteiger partial charge in [-0.3, -0.25) is 4.79 Å². The molecule has 0 unspecified atom stereocenters. The van der Waals surface area contributed by atoms with E-state index in [4.69, 9.17) is 9.52 Å². The van der Waals surface area contributed by atoms with E-state index >= 15 is 0 Å². The molecule has 6 heteroatoms. The Morgan fingerprint density at radius 2 is 2.00 bits per heavy atom. The first kappa shape index (κ1) is 11.8. The molecule has 0 bridgehead atoms. The number of aromatic nitrogens is 2. The molecule has 0 fully saturated rings. The van der Waals surface area contributed by atoms with Crippen LogP contribution in [0.15, 0.2) is 33.2 Å². The lowest BCUT2D eigenvalue weighted by atomic mass is 10.2. The average Bonchev–Trinajstić information content (AvgIpc) is 2.76. The van der Waals surface area contributed by atoms with Crippen molar-refractivity contribution >= 4 is 21.9 Å². The zero-order valence-corrected chi connectivity index (χ0v) is 10.3. The average molecular weight is 297 g/mol. The summed E-state index contributed by atoms with van der Waals surface area (Å²) in [5.41, 5.74) is 0.808. The summed E-state index contributed by atoms with van der Waals surface area (Å²) in [5, 5.41) is 16.2. The number of carbonyl (C=O) groups is 1. The highest BCUT2D eigenvalue weighted by atomic mass is 79.9. The topological polar surface area (TPSA) is 76.2 Å². The summed E-state index contributed by atoms with van der Waals surface area (Å²) >= 11 is 3.33. The van der Waals surface area contributed by atoms with Crippen molar-refractivity contribution in [3.63, 3.8) is 0 Å². The molecule has 0 aliphatic rings. The second-order valence-corrected chi connectivity index (χ2v) is 4.32. The number of halogens is 1. The first-order valence-electron chi connectivity index (χ1n) is 4.95. The Hall–Kier alpha value is -1.69. The number of aryl methyl sites for hydroxylation is 1. The van der Waals surface area contributed by atoms with E-state index in [0.29, 0.717) is 11.8 Å². The molecule has 0 aliphatic carbocycles. The van der Waals surface area contributed by atoms with Crippen LogP contribution in [0.2, 0.25) is 0 Å². The molecular weight excluding hydrogens is 288 g/mol. The summed E-state index contributed by atoms with van der Waals surface area (Å²) in [6.45, 7) is 0. The molecule has 1 N–H and O–H groups in total. The van der Waals surface area contributed by atoms with E-state index < -0.39 is 5.97 Å². The van der Waals surface area contributed by atoms with Crippen molar-refractivity contribution in [1.29, 1.82) is 0 Å². The molecule has 0 saturated heterocycles. The van der Waals surface area contributed by atoms with Gasteiger partial charge in [0.2, 0.25) is 11.8 Å². The van der Waals surface area contributed by atoms with Crippen molar-refractivity contribution in [1.82, 2.24) is 10.2 Å². The number of nitrogens with zero attached hydrogens (tertiary/aromatic N) is 2. The van der Waals surface area contributed by atoms with E-state index in [1.165, 1.54) is 0 Å². The Labute approximate surface area is 106 Å². The molecule has 0 atom stereocenters. The molecule has 1 aromatic heterocycles. The summed E-state index contributed by atoms with van der Waals surface area (Å²) in [6.07, 6.45) is 0.237. The van der Waals surface area contributed by atoms with Crippen molar-refractivity contribution in [3.8, 4) is 11.5 Å².